The molecule has 244 valence electrons. The maximum absolute atomic E-state index is 2.39. The monoisotopic (exact) mass is 696 g/mol. The van der Waals surface area contributed by atoms with Crippen LogP contribution in [0.2, 0.25) is 0 Å². The molecular weight excluding hydrogens is 665 g/mol. The third-order valence-electron chi connectivity index (χ3n) is 10.1. The van der Waals surface area contributed by atoms with Gasteiger partial charge in [-0.05, 0) is 91.0 Å². The Kier molecular flexibility index (Phi) is 7.64. The minimum Gasteiger partial charge on any atom is -0.134 e. The summed E-state index contributed by atoms with van der Waals surface area (Å²) in [4.78, 5) is 0. The van der Waals surface area contributed by atoms with Crippen molar-refractivity contribution in [3.63, 3.8) is 0 Å². The maximum atomic E-state index is 2.39. The Morgan fingerprint density at radius 3 is 0.904 bits per heavy atom. The number of hydrogen-bond acceptors (Lipinski definition) is 2. The molecule has 2 heterocycles. The van der Waals surface area contributed by atoms with E-state index in [2.05, 4.69) is 194 Å². The van der Waals surface area contributed by atoms with E-state index in [1.807, 2.05) is 22.7 Å². The van der Waals surface area contributed by atoms with Crippen molar-refractivity contribution in [3.05, 3.63) is 194 Å². The van der Waals surface area contributed by atoms with Crippen molar-refractivity contribution < 1.29 is 0 Å². The second kappa shape index (κ2) is 12.9. The molecule has 52 heavy (non-hydrogen) atoms. The van der Waals surface area contributed by atoms with E-state index in [1.54, 1.807) is 0 Å². The van der Waals surface area contributed by atoms with Gasteiger partial charge >= 0.3 is 0 Å². The lowest BCUT2D eigenvalue weighted by molar-refractivity contribution is 1.57. The summed E-state index contributed by atoms with van der Waals surface area (Å²) in [6, 6.07) is 70.8. The highest BCUT2D eigenvalue weighted by molar-refractivity contribution is 7.36. The van der Waals surface area contributed by atoms with Gasteiger partial charge in [-0.2, -0.15) is 0 Å². The van der Waals surface area contributed by atoms with Crippen LogP contribution in [0.15, 0.2) is 194 Å². The number of rotatable bonds is 6. The van der Waals surface area contributed by atoms with Crippen molar-refractivity contribution >= 4 is 52.2 Å². The Bertz CT molecular complexity index is 2660. The standard InChI is InChI=1S/C50H32S2/c1-5-13-33(14-6-1)41-25-21-37(29-45(41)35-17-9-3-10-18-35)39-23-27-43-47(31-39)51-50-44-28-24-40(32-48(44)52-49(43)50)38-22-26-42(34-15-7-2-8-16-34)46(30-38)36-19-11-4-12-20-36/h1-32H. The summed E-state index contributed by atoms with van der Waals surface area (Å²) in [7, 11) is 0. The average Bonchev–Trinajstić information content (AvgIpc) is 3.77. The van der Waals surface area contributed by atoms with Crippen molar-refractivity contribution in [2.45, 2.75) is 0 Å². The van der Waals surface area contributed by atoms with E-state index >= 15 is 0 Å². The molecule has 2 aromatic heterocycles. The van der Waals surface area contributed by atoms with Gasteiger partial charge in [-0.15, -0.1) is 22.7 Å². The van der Waals surface area contributed by atoms with Crippen LogP contribution in [0, 0.1) is 0 Å². The first-order valence-electron chi connectivity index (χ1n) is 17.7. The summed E-state index contributed by atoms with van der Waals surface area (Å²) in [5, 5.41) is 2.68. The largest absolute Gasteiger partial charge is 0.134 e. The first kappa shape index (κ1) is 30.7. The molecule has 0 fully saturated rings. The van der Waals surface area contributed by atoms with Crippen molar-refractivity contribution in [1.82, 2.24) is 0 Å². The fraction of sp³-hybridized carbons (Fsp3) is 0. The van der Waals surface area contributed by atoms with Gasteiger partial charge in [-0.25, -0.2) is 0 Å². The molecule has 0 amide bonds. The van der Waals surface area contributed by atoms with Gasteiger partial charge in [0.25, 0.3) is 0 Å². The fourth-order valence-corrected chi connectivity index (χ4v) is 10.2. The van der Waals surface area contributed by atoms with Crippen LogP contribution in [0.25, 0.3) is 96.3 Å². The Labute approximate surface area is 311 Å². The van der Waals surface area contributed by atoms with Crippen LogP contribution < -0.4 is 0 Å². The third kappa shape index (κ3) is 5.45. The highest BCUT2D eigenvalue weighted by atomic mass is 32.1. The highest BCUT2D eigenvalue weighted by Gasteiger charge is 2.16. The van der Waals surface area contributed by atoms with E-state index in [4.69, 9.17) is 0 Å². The zero-order chi connectivity index (χ0) is 34.4. The Morgan fingerprint density at radius 1 is 0.231 bits per heavy atom. The molecule has 2 heteroatoms. The molecule has 0 unspecified atom stereocenters. The van der Waals surface area contributed by atoms with Crippen LogP contribution in [0.5, 0.6) is 0 Å². The van der Waals surface area contributed by atoms with Gasteiger partial charge in [0.05, 0.1) is 9.40 Å². The van der Waals surface area contributed by atoms with Gasteiger partial charge in [-0.1, -0.05) is 170 Å². The minimum atomic E-state index is 1.23. The lowest BCUT2D eigenvalue weighted by atomic mass is 9.91. The Hall–Kier alpha value is -6.06. The Morgan fingerprint density at radius 2 is 0.538 bits per heavy atom. The molecule has 0 spiro atoms. The highest BCUT2D eigenvalue weighted by Crippen LogP contribution is 2.47. The quantitative estimate of drug-likeness (QED) is 0.162. The second-order valence-corrected chi connectivity index (χ2v) is 15.4. The van der Waals surface area contributed by atoms with Gasteiger partial charge in [0.1, 0.15) is 0 Å². The number of thiophene rings is 2. The van der Waals surface area contributed by atoms with Gasteiger partial charge in [0.2, 0.25) is 0 Å². The fourth-order valence-electron chi connectivity index (χ4n) is 7.51. The normalized spacial score (nSPS) is 11.5. The van der Waals surface area contributed by atoms with Crippen molar-refractivity contribution in [3.8, 4) is 66.8 Å². The van der Waals surface area contributed by atoms with Crippen LogP contribution in [0.1, 0.15) is 0 Å². The molecule has 10 rings (SSSR count). The predicted molar refractivity (Wildman–Crippen MR) is 227 cm³/mol. The first-order valence-corrected chi connectivity index (χ1v) is 19.3. The summed E-state index contributed by atoms with van der Waals surface area (Å²) >= 11 is 3.84. The van der Waals surface area contributed by atoms with E-state index < -0.39 is 0 Å². The molecule has 0 atom stereocenters. The van der Waals surface area contributed by atoms with E-state index in [-0.39, 0.29) is 0 Å². The number of benzene rings is 8. The van der Waals surface area contributed by atoms with Gasteiger partial charge in [-0.3, -0.25) is 0 Å². The molecule has 0 aliphatic carbocycles. The molecule has 0 bridgehead atoms. The minimum absolute atomic E-state index is 1.23. The van der Waals surface area contributed by atoms with Crippen molar-refractivity contribution in [2.24, 2.45) is 0 Å². The number of hydrogen-bond donors (Lipinski definition) is 0. The molecule has 0 N–H and O–H groups in total. The third-order valence-corrected chi connectivity index (χ3v) is 12.6. The van der Waals surface area contributed by atoms with Gasteiger partial charge in [0.15, 0.2) is 0 Å². The second-order valence-electron chi connectivity index (χ2n) is 13.3. The van der Waals surface area contributed by atoms with Crippen LogP contribution in [0.3, 0.4) is 0 Å². The lowest BCUT2D eigenvalue weighted by Gasteiger charge is -2.13. The molecule has 8 aromatic carbocycles. The van der Waals surface area contributed by atoms with E-state index in [1.165, 1.54) is 96.3 Å². The SMILES string of the molecule is c1ccc(-c2ccc(-c3ccc4c(c3)sc3c5ccc(-c6ccc(-c7ccccc7)c(-c7ccccc7)c6)cc5sc43)cc2-c2ccccc2)cc1. The van der Waals surface area contributed by atoms with Crippen LogP contribution in [-0.4, -0.2) is 0 Å². The van der Waals surface area contributed by atoms with E-state index in [0.29, 0.717) is 0 Å². The number of fused-ring (bicyclic) bond motifs is 5. The van der Waals surface area contributed by atoms with E-state index in [0.717, 1.165) is 0 Å². The summed E-state index contributed by atoms with van der Waals surface area (Å²) in [6.45, 7) is 0. The van der Waals surface area contributed by atoms with Crippen molar-refractivity contribution in [2.75, 3.05) is 0 Å². The summed E-state index contributed by atoms with van der Waals surface area (Å²) < 4.78 is 5.43. The summed E-state index contributed by atoms with van der Waals surface area (Å²) in [6.07, 6.45) is 0. The van der Waals surface area contributed by atoms with Crippen LogP contribution in [-0.2, 0) is 0 Å². The molecular formula is C50H32S2. The zero-order valence-electron chi connectivity index (χ0n) is 28.3. The molecule has 0 aliphatic heterocycles. The molecule has 0 saturated carbocycles. The lowest BCUT2D eigenvalue weighted by Crippen LogP contribution is -1.87. The molecule has 0 radical (unpaired) electrons. The molecule has 0 nitrogen and oxygen atoms in total. The average molecular weight is 697 g/mol. The smallest absolute Gasteiger partial charge is 0.0542 e. The topological polar surface area (TPSA) is 0 Å². The van der Waals surface area contributed by atoms with Crippen LogP contribution in [0.4, 0.5) is 0 Å². The summed E-state index contributed by atoms with van der Waals surface area (Å²) in [5.41, 5.74) is 14.9. The van der Waals surface area contributed by atoms with Gasteiger partial charge < -0.3 is 0 Å². The predicted octanol–water partition coefficient (Wildman–Crippen LogP) is 15.3. The molecule has 10 aromatic rings. The first-order chi connectivity index (χ1) is 25.8. The summed E-state index contributed by atoms with van der Waals surface area (Å²) in [5.74, 6) is 0. The maximum Gasteiger partial charge on any atom is 0.0542 e. The molecule has 0 aliphatic rings. The Balaban J connectivity index is 1.03. The van der Waals surface area contributed by atoms with Crippen LogP contribution >= 0.6 is 22.7 Å². The zero-order valence-corrected chi connectivity index (χ0v) is 29.9. The molecule has 0 saturated heterocycles. The van der Waals surface area contributed by atoms with E-state index in [9.17, 15) is 0 Å². The van der Waals surface area contributed by atoms with Crippen molar-refractivity contribution in [1.29, 1.82) is 0 Å². The van der Waals surface area contributed by atoms with Gasteiger partial charge in [0, 0.05) is 20.2 Å².